The number of aldehydes is 1. The van der Waals surface area contributed by atoms with Gasteiger partial charge in [0.05, 0.1) is 0 Å². The summed E-state index contributed by atoms with van der Waals surface area (Å²) in [4.78, 5) is 21.5. The van der Waals surface area contributed by atoms with Crippen LogP contribution in [0.5, 0.6) is 0 Å². The fourth-order valence-electron chi connectivity index (χ4n) is 1.13. The average Bonchev–Trinajstić information content (AvgIpc) is 2.18. The number of nitrogens with one attached hydrogen (secondary N) is 1. The molecule has 14 heavy (non-hydrogen) atoms. The van der Waals surface area contributed by atoms with E-state index in [9.17, 15) is 9.59 Å². The normalized spacial score (nSPS) is 9.50. The van der Waals surface area contributed by atoms with E-state index in [2.05, 4.69) is 5.32 Å². The molecular formula is C11H13NO2. The van der Waals surface area contributed by atoms with E-state index < -0.39 is 0 Å². The second-order valence-corrected chi connectivity index (χ2v) is 3.08. The van der Waals surface area contributed by atoms with Gasteiger partial charge in [0.2, 0.25) is 0 Å². The topological polar surface area (TPSA) is 46.2 Å². The highest BCUT2D eigenvalue weighted by atomic mass is 16.1. The Morgan fingerprint density at radius 1 is 1.50 bits per heavy atom. The number of benzene rings is 1. The molecule has 0 aliphatic carbocycles. The summed E-state index contributed by atoms with van der Waals surface area (Å²) < 4.78 is 0. The molecule has 0 bridgehead atoms. The van der Waals surface area contributed by atoms with E-state index in [1.54, 1.807) is 6.07 Å². The summed E-state index contributed by atoms with van der Waals surface area (Å²) in [5.74, 6) is -0.129. The maximum Gasteiger partial charge on any atom is 0.251 e. The van der Waals surface area contributed by atoms with Crippen LogP contribution in [0, 0.1) is 6.92 Å². The second-order valence-electron chi connectivity index (χ2n) is 3.08. The highest BCUT2D eigenvalue weighted by Crippen LogP contribution is 2.03. The maximum atomic E-state index is 11.4. The van der Waals surface area contributed by atoms with Crippen LogP contribution in [-0.2, 0) is 4.79 Å². The first-order valence-electron chi connectivity index (χ1n) is 4.52. The van der Waals surface area contributed by atoms with Crippen LogP contribution < -0.4 is 5.32 Å². The fraction of sp³-hybridized carbons (Fsp3) is 0.273. The van der Waals surface area contributed by atoms with Gasteiger partial charge in [-0.15, -0.1) is 0 Å². The van der Waals surface area contributed by atoms with Crippen molar-refractivity contribution in [3.8, 4) is 0 Å². The Morgan fingerprint density at radius 2 is 2.29 bits per heavy atom. The molecule has 0 fully saturated rings. The third-order valence-electron chi connectivity index (χ3n) is 1.83. The summed E-state index contributed by atoms with van der Waals surface area (Å²) in [7, 11) is 0. The van der Waals surface area contributed by atoms with Crippen molar-refractivity contribution in [1.82, 2.24) is 5.32 Å². The van der Waals surface area contributed by atoms with E-state index >= 15 is 0 Å². The van der Waals surface area contributed by atoms with Crippen LogP contribution in [0.15, 0.2) is 24.3 Å². The Bertz CT molecular complexity index is 334. The van der Waals surface area contributed by atoms with Crippen LogP contribution in [0.1, 0.15) is 22.3 Å². The summed E-state index contributed by atoms with van der Waals surface area (Å²) in [5, 5.41) is 2.66. The predicted molar refractivity (Wildman–Crippen MR) is 54.2 cm³/mol. The van der Waals surface area contributed by atoms with Crippen molar-refractivity contribution in [2.24, 2.45) is 0 Å². The zero-order valence-corrected chi connectivity index (χ0v) is 8.12. The largest absolute Gasteiger partial charge is 0.352 e. The lowest BCUT2D eigenvalue weighted by atomic mass is 10.1. The molecule has 0 aliphatic rings. The minimum atomic E-state index is -0.129. The molecular weight excluding hydrogens is 178 g/mol. The van der Waals surface area contributed by atoms with Crippen molar-refractivity contribution in [3.63, 3.8) is 0 Å². The van der Waals surface area contributed by atoms with Crippen molar-refractivity contribution in [1.29, 1.82) is 0 Å². The van der Waals surface area contributed by atoms with Crippen molar-refractivity contribution in [2.75, 3.05) is 6.54 Å². The number of aryl methyl sites for hydroxylation is 1. The van der Waals surface area contributed by atoms with Crippen molar-refractivity contribution in [3.05, 3.63) is 35.4 Å². The summed E-state index contributed by atoms with van der Waals surface area (Å²) in [6.07, 6.45) is 1.15. The van der Waals surface area contributed by atoms with Crippen LogP contribution in [0.3, 0.4) is 0 Å². The lowest BCUT2D eigenvalue weighted by molar-refractivity contribution is -0.107. The zero-order chi connectivity index (χ0) is 10.4. The molecule has 0 aromatic heterocycles. The third kappa shape index (κ3) is 3.01. The zero-order valence-electron chi connectivity index (χ0n) is 8.12. The van der Waals surface area contributed by atoms with E-state index in [0.29, 0.717) is 18.5 Å². The number of hydrogen-bond acceptors (Lipinski definition) is 2. The Kier molecular flexibility index (Phi) is 3.85. The molecule has 0 aliphatic heterocycles. The minimum absolute atomic E-state index is 0.129. The van der Waals surface area contributed by atoms with Gasteiger partial charge in [-0.3, -0.25) is 4.79 Å². The average molecular weight is 191 g/mol. The monoisotopic (exact) mass is 191 g/mol. The molecule has 1 rings (SSSR count). The third-order valence-corrected chi connectivity index (χ3v) is 1.83. The molecule has 0 saturated heterocycles. The van der Waals surface area contributed by atoms with Crippen LogP contribution >= 0.6 is 0 Å². The molecule has 1 aromatic carbocycles. The van der Waals surface area contributed by atoms with E-state index in [0.717, 1.165) is 11.8 Å². The van der Waals surface area contributed by atoms with Crippen molar-refractivity contribution in [2.45, 2.75) is 13.3 Å². The molecule has 0 unspecified atom stereocenters. The lowest BCUT2D eigenvalue weighted by Crippen LogP contribution is -2.24. The number of carbonyl (C=O) groups excluding carboxylic acids is 2. The number of hydrogen-bond donors (Lipinski definition) is 1. The molecule has 0 radical (unpaired) electrons. The molecule has 0 heterocycles. The van der Waals surface area contributed by atoms with Crippen LogP contribution in [0.2, 0.25) is 0 Å². The molecule has 0 saturated carbocycles. The van der Waals surface area contributed by atoms with E-state index in [1.165, 1.54) is 0 Å². The predicted octanol–water partition coefficient (Wildman–Crippen LogP) is 1.31. The van der Waals surface area contributed by atoms with Gasteiger partial charge in [-0.25, -0.2) is 0 Å². The van der Waals surface area contributed by atoms with Crippen LogP contribution in [0.4, 0.5) is 0 Å². The van der Waals surface area contributed by atoms with Gasteiger partial charge < -0.3 is 10.1 Å². The summed E-state index contributed by atoms with van der Waals surface area (Å²) in [6, 6.07) is 7.34. The van der Waals surface area contributed by atoms with Gasteiger partial charge in [-0.2, -0.15) is 0 Å². The molecule has 0 atom stereocenters. The molecule has 3 nitrogen and oxygen atoms in total. The van der Waals surface area contributed by atoms with Crippen molar-refractivity contribution < 1.29 is 9.59 Å². The molecule has 1 N–H and O–H groups in total. The van der Waals surface area contributed by atoms with E-state index in [-0.39, 0.29) is 5.91 Å². The molecule has 0 spiro atoms. The fourth-order valence-corrected chi connectivity index (χ4v) is 1.13. The molecule has 74 valence electrons. The highest BCUT2D eigenvalue weighted by molar-refractivity contribution is 5.94. The Balaban J connectivity index is 2.56. The van der Waals surface area contributed by atoms with Gasteiger partial charge in [-0.1, -0.05) is 17.7 Å². The molecule has 1 aromatic rings. The summed E-state index contributed by atoms with van der Waals surface area (Å²) in [6.45, 7) is 2.33. The Hall–Kier alpha value is -1.64. The van der Waals surface area contributed by atoms with Gasteiger partial charge in [0.1, 0.15) is 6.29 Å². The van der Waals surface area contributed by atoms with Gasteiger partial charge in [0, 0.05) is 18.5 Å². The second kappa shape index (κ2) is 5.17. The van der Waals surface area contributed by atoms with Gasteiger partial charge in [0.15, 0.2) is 0 Å². The highest BCUT2D eigenvalue weighted by Gasteiger charge is 2.03. The van der Waals surface area contributed by atoms with Crippen LogP contribution in [0.25, 0.3) is 0 Å². The van der Waals surface area contributed by atoms with Gasteiger partial charge >= 0.3 is 0 Å². The number of amides is 1. The first kappa shape index (κ1) is 10.4. The number of rotatable bonds is 4. The first-order valence-corrected chi connectivity index (χ1v) is 4.52. The van der Waals surface area contributed by atoms with E-state index in [4.69, 9.17) is 0 Å². The molecule has 3 heteroatoms. The Labute approximate surface area is 83.1 Å². The first-order chi connectivity index (χ1) is 6.74. The van der Waals surface area contributed by atoms with E-state index in [1.807, 2.05) is 25.1 Å². The minimum Gasteiger partial charge on any atom is -0.352 e. The SMILES string of the molecule is Cc1cccc(C(=O)NCCC=O)c1. The van der Waals surface area contributed by atoms with Gasteiger partial charge in [0.25, 0.3) is 5.91 Å². The smallest absolute Gasteiger partial charge is 0.251 e. The summed E-state index contributed by atoms with van der Waals surface area (Å²) in [5.41, 5.74) is 1.68. The van der Waals surface area contributed by atoms with Gasteiger partial charge in [-0.05, 0) is 19.1 Å². The number of carbonyl (C=O) groups is 2. The standard InChI is InChI=1S/C11H13NO2/c1-9-4-2-5-10(8-9)11(14)12-6-3-7-13/h2,4-5,7-8H,3,6H2,1H3,(H,12,14). The maximum absolute atomic E-state index is 11.4. The van der Waals surface area contributed by atoms with Crippen molar-refractivity contribution >= 4 is 12.2 Å². The quantitative estimate of drug-likeness (QED) is 0.576. The summed E-state index contributed by atoms with van der Waals surface area (Å²) >= 11 is 0. The lowest BCUT2D eigenvalue weighted by Gasteiger charge is -2.03. The van der Waals surface area contributed by atoms with Crippen LogP contribution in [-0.4, -0.2) is 18.7 Å². The molecule has 1 amide bonds. The Morgan fingerprint density at radius 3 is 2.93 bits per heavy atom.